The van der Waals surface area contributed by atoms with Crippen LogP contribution < -0.4 is 9.64 Å². The van der Waals surface area contributed by atoms with Gasteiger partial charge in [-0.25, -0.2) is 8.78 Å². The number of nitro benzene ring substituents is 1. The van der Waals surface area contributed by atoms with Crippen LogP contribution in [0.1, 0.15) is 10.4 Å². The minimum absolute atomic E-state index is 0.192. The van der Waals surface area contributed by atoms with Crippen LogP contribution in [0, 0.1) is 27.6 Å². The monoisotopic (exact) mass is 395 g/mol. The zero-order valence-corrected chi connectivity index (χ0v) is 14.8. The highest BCUT2D eigenvalue weighted by atomic mass is 19.2. The van der Waals surface area contributed by atoms with Gasteiger partial charge in [-0.05, 0) is 24.3 Å². The molecule has 1 fully saturated rings. The lowest BCUT2D eigenvalue weighted by Crippen LogP contribution is -2.49. The molecule has 28 heavy (non-hydrogen) atoms. The van der Waals surface area contributed by atoms with Crippen LogP contribution >= 0.6 is 0 Å². The summed E-state index contributed by atoms with van der Waals surface area (Å²) in [7, 11) is 1.56. The van der Waals surface area contributed by atoms with Crippen LogP contribution in [-0.2, 0) is 0 Å². The Kier molecular flexibility index (Phi) is 5.39. The number of ether oxygens (including phenoxy) is 1. The number of rotatable bonds is 4. The number of halogens is 3. The highest BCUT2D eigenvalue weighted by Gasteiger charge is 2.31. The average molecular weight is 395 g/mol. The molecule has 1 saturated heterocycles. The van der Waals surface area contributed by atoms with E-state index in [1.165, 1.54) is 4.90 Å². The number of piperazine rings is 1. The number of methoxy groups -OCH3 is 1. The van der Waals surface area contributed by atoms with Gasteiger partial charge in [-0.2, -0.15) is 4.39 Å². The molecule has 2 aromatic rings. The van der Waals surface area contributed by atoms with E-state index in [9.17, 15) is 28.1 Å². The van der Waals surface area contributed by atoms with Gasteiger partial charge in [0.25, 0.3) is 5.91 Å². The molecule has 0 saturated carbocycles. The Balaban J connectivity index is 1.75. The van der Waals surface area contributed by atoms with Crippen LogP contribution in [0.25, 0.3) is 0 Å². The molecule has 1 amide bonds. The van der Waals surface area contributed by atoms with E-state index in [1.54, 1.807) is 19.2 Å². The van der Waals surface area contributed by atoms with E-state index >= 15 is 0 Å². The smallest absolute Gasteiger partial charge is 0.308 e. The number of anilines is 1. The molecule has 0 N–H and O–H groups in total. The standard InChI is InChI=1S/C18H16F3N3O4/c1-28-12-4-2-11(3-5-12)22-6-8-23(9-7-22)18(25)13-10-14(24(26)27)16(20)17(21)15(13)19/h2-5,10H,6-9H2,1H3. The molecule has 0 atom stereocenters. The maximum Gasteiger partial charge on any atom is 0.308 e. The van der Waals surface area contributed by atoms with Crippen molar-refractivity contribution in [1.29, 1.82) is 0 Å². The number of carbonyl (C=O) groups is 1. The third-order valence-corrected chi connectivity index (χ3v) is 4.56. The van der Waals surface area contributed by atoms with E-state index in [0.717, 1.165) is 5.69 Å². The Morgan fingerprint density at radius 2 is 1.64 bits per heavy atom. The first-order valence-electron chi connectivity index (χ1n) is 8.33. The van der Waals surface area contributed by atoms with Gasteiger partial charge in [0.1, 0.15) is 5.75 Å². The second kappa shape index (κ2) is 7.75. The average Bonchev–Trinajstić information content (AvgIpc) is 2.71. The Hall–Kier alpha value is -3.30. The van der Waals surface area contributed by atoms with Crippen molar-refractivity contribution in [2.24, 2.45) is 0 Å². The lowest BCUT2D eigenvalue weighted by atomic mass is 10.1. The third-order valence-electron chi connectivity index (χ3n) is 4.56. The first kappa shape index (κ1) is 19.5. The predicted octanol–water partition coefficient (Wildman–Crippen LogP) is 2.98. The molecule has 1 aliphatic heterocycles. The molecule has 148 valence electrons. The highest BCUT2D eigenvalue weighted by Crippen LogP contribution is 2.27. The van der Waals surface area contributed by atoms with Crippen LogP contribution in [0.5, 0.6) is 5.75 Å². The maximum absolute atomic E-state index is 14.0. The van der Waals surface area contributed by atoms with Gasteiger partial charge in [0.05, 0.1) is 17.6 Å². The Bertz CT molecular complexity index is 913. The van der Waals surface area contributed by atoms with Crippen molar-refractivity contribution in [1.82, 2.24) is 4.90 Å². The SMILES string of the molecule is COc1ccc(N2CCN(C(=O)c3cc([N+](=O)[O-])c(F)c(F)c3F)CC2)cc1. The fourth-order valence-corrected chi connectivity index (χ4v) is 3.01. The Morgan fingerprint density at radius 3 is 2.18 bits per heavy atom. The van der Waals surface area contributed by atoms with E-state index in [0.29, 0.717) is 24.9 Å². The van der Waals surface area contributed by atoms with Gasteiger partial charge in [-0.1, -0.05) is 0 Å². The zero-order chi connectivity index (χ0) is 20.4. The number of hydrogen-bond donors (Lipinski definition) is 0. The van der Waals surface area contributed by atoms with Gasteiger partial charge in [-0.3, -0.25) is 14.9 Å². The molecule has 10 heteroatoms. The van der Waals surface area contributed by atoms with Crippen LogP contribution in [-0.4, -0.2) is 49.0 Å². The van der Waals surface area contributed by atoms with E-state index in [2.05, 4.69) is 0 Å². The molecule has 0 bridgehead atoms. The molecule has 3 rings (SSSR count). The van der Waals surface area contributed by atoms with E-state index in [-0.39, 0.29) is 13.1 Å². The van der Waals surface area contributed by atoms with E-state index in [4.69, 9.17) is 4.74 Å². The van der Waals surface area contributed by atoms with Crippen molar-refractivity contribution < 1.29 is 27.6 Å². The number of amides is 1. The fourth-order valence-electron chi connectivity index (χ4n) is 3.01. The maximum atomic E-state index is 14.0. The molecule has 0 unspecified atom stereocenters. The number of benzene rings is 2. The van der Waals surface area contributed by atoms with Crippen molar-refractivity contribution >= 4 is 17.3 Å². The summed E-state index contributed by atoms with van der Waals surface area (Å²) in [5.74, 6) is -5.91. The lowest BCUT2D eigenvalue weighted by Gasteiger charge is -2.36. The quantitative estimate of drug-likeness (QED) is 0.452. The Labute approximate surface area is 158 Å². The summed E-state index contributed by atoms with van der Waals surface area (Å²) >= 11 is 0. The van der Waals surface area contributed by atoms with Crippen molar-refractivity contribution in [2.75, 3.05) is 38.2 Å². The van der Waals surface area contributed by atoms with Crippen LogP contribution in [0.3, 0.4) is 0 Å². The van der Waals surface area contributed by atoms with Gasteiger partial charge in [-0.15, -0.1) is 0 Å². The molecule has 0 radical (unpaired) electrons. The molecular weight excluding hydrogens is 379 g/mol. The van der Waals surface area contributed by atoms with Gasteiger partial charge in [0.2, 0.25) is 11.6 Å². The summed E-state index contributed by atoms with van der Waals surface area (Å²) in [6.07, 6.45) is 0. The molecule has 7 nitrogen and oxygen atoms in total. The second-order valence-corrected chi connectivity index (χ2v) is 6.12. The van der Waals surface area contributed by atoms with E-state index in [1.807, 2.05) is 17.0 Å². The predicted molar refractivity (Wildman–Crippen MR) is 94.1 cm³/mol. The van der Waals surface area contributed by atoms with Gasteiger partial charge < -0.3 is 14.5 Å². The minimum atomic E-state index is -2.03. The van der Waals surface area contributed by atoms with Gasteiger partial charge in [0, 0.05) is 37.9 Å². The lowest BCUT2D eigenvalue weighted by molar-refractivity contribution is -0.387. The fraction of sp³-hybridized carbons (Fsp3) is 0.278. The summed E-state index contributed by atoms with van der Waals surface area (Å²) in [5, 5.41) is 10.8. The molecular formula is C18H16F3N3O4. The first-order valence-corrected chi connectivity index (χ1v) is 8.33. The summed E-state index contributed by atoms with van der Waals surface area (Å²) in [6, 6.07) is 7.74. The van der Waals surface area contributed by atoms with Crippen molar-refractivity contribution in [3.05, 3.63) is 63.5 Å². The summed E-state index contributed by atoms with van der Waals surface area (Å²) in [4.78, 5) is 25.4. The molecule has 0 aromatic heterocycles. The van der Waals surface area contributed by atoms with E-state index < -0.39 is 39.5 Å². The van der Waals surface area contributed by atoms with Crippen LogP contribution in [0.15, 0.2) is 30.3 Å². The summed E-state index contributed by atoms with van der Waals surface area (Å²) < 4.78 is 46.3. The number of nitrogens with zero attached hydrogens (tertiary/aromatic N) is 3. The van der Waals surface area contributed by atoms with Crippen LogP contribution in [0.4, 0.5) is 24.5 Å². The second-order valence-electron chi connectivity index (χ2n) is 6.12. The van der Waals surface area contributed by atoms with Gasteiger partial charge in [0.15, 0.2) is 5.82 Å². The van der Waals surface area contributed by atoms with Crippen molar-refractivity contribution in [2.45, 2.75) is 0 Å². The number of nitro groups is 1. The molecule has 0 aliphatic carbocycles. The zero-order valence-electron chi connectivity index (χ0n) is 14.8. The first-order chi connectivity index (χ1) is 13.3. The number of carbonyl (C=O) groups excluding carboxylic acids is 1. The molecule has 0 spiro atoms. The molecule has 2 aromatic carbocycles. The van der Waals surface area contributed by atoms with Crippen molar-refractivity contribution in [3.63, 3.8) is 0 Å². The normalized spacial score (nSPS) is 14.1. The molecule has 1 heterocycles. The number of hydrogen-bond acceptors (Lipinski definition) is 5. The minimum Gasteiger partial charge on any atom is -0.497 e. The van der Waals surface area contributed by atoms with Crippen molar-refractivity contribution in [3.8, 4) is 5.75 Å². The highest BCUT2D eigenvalue weighted by molar-refractivity contribution is 5.95. The largest absolute Gasteiger partial charge is 0.497 e. The summed E-state index contributed by atoms with van der Waals surface area (Å²) in [6.45, 7) is 1.23. The topological polar surface area (TPSA) is 75.9 Å². The third kappa shape index (κ3) is 3.57. The summed E-state index contributed by atoms with van der Waals surface area (Å²) in [5.41, 5.74) is -1.23. The van der Waals surface area contributed by atoms with Crippen LogP contribution in [0.2, 0.25) is 0 Å². The Morgan fingerprint density at radius 1 is 1.04 bits per heavy atom. The van der Waals surface area contributed by atoms with Gasteiger partial charge >= 0.3 is 5.69 Å². The molecule has 1 aliphatic rings.